The summed E-state index contributed by atoms with van der Waals surface area (Å²) < 4.78 is 16.6. The quantitative estimate of drug-likeness (QED) is 0.605. The minimum Gasteiger partial charge on any atom is -0.490 e. The maximum Gasteiger partial charge on any atom is 0.363 e. The number of hydrogen-bond acceptors (Lipinski definition) is 5. The van der Waals surface area contributed by atoms with Crippen LogP contribution < -0.4 is 9.47 Å². The third-order valence-electron chi connectivity index (χ3n) is 4.01. The molecular weight excluding hydrogens is 354 g/mol. The standard InChI is InChI=1S/C20H16ClNO4/c21-15-5-2-13(3-6-15)12-19-22-16(20(23)26-19)10-14-4-7-17-18(11-14)25-9-1-8-24-17/h2-7,10-11H,1,8-9,12H2/b16-10+. The van der Waals surface area contributed by atoms with E-state index in [0.717, 1.165) is 17.5 Å². The fourth-order valence-corrected chi connectivity index (χ4v) is 2.86. The molecule has 6 heteroatoms. The molecule has 0 amide bonds. The summed E-state index contributed by atoms with van der Waals surface area (Å²) in [6.45, 7) is 1.25. The van der Waals surface area contributed by atoms with Gasteiger partial charge in [0.2, 0.25) is 5.90 Å². The predicted octanol–water partition coefficient (Wildman–Crippen LogP) is 4.04. The molecule has 0 radical (unpaired) electrons. The van der Waals surface area contributed by atoms with E-state index in [1.165, 1.54) is 0 Å². The molecule has 0 aromatic heterocycles. The van der Waals surface area contributed by atoms with E-state index in [4.69, 9.17) is 25.8 Å². The molecule has 26 heavy (non-hydrogen) atoms. The van der Waals surface area contributed by atoms with E-state index >= 15 is 0 Å². The van der Waals surface area contributed by atoms with Gasteiger partial charge >= 0.3 is 5.97 Å². The highest BCUT2D eigenvalue weighted by molar-refractivity contribution is 6.30. The molecule has 2 aliphatic heterocycles. The number of fused-ring (bicyclic) bond motifs is 1. The Labute approximate surface area is 155 Å². The van der Waals surface area contributed by atoms with Crippen molar-refractivity contribution in [2.24, 2.45) is 4.99 Å². The van der Waals surface area contributed by atoms with Crippen LogP contribution in [0.3, 0.4) is 0 Å². The monoisotopic (exact) mass is 369 g/mol. The van der Waals surface area contributed by atoms with Crippen molar-refractivity contribution in [2.45, 2.75) is 12.8 Å². The molecule has 2 heterocycles. The number of cyclic esters (lactones) is 1. The Balaban J connectivity index is 1.55. The molecule has 0 atom stereocenters. The molecular formula is C20H16ClNO4. The molecule has 2 aromatic rings. The molecule has 5 nitrogen and oxygen atoms in total. The summed E-state index contributed by atoms with van der Waals surface area (Å²) >= 11 is 5.88. The molecule has 0 saturated heterocycles. The van der Waals surface area contributed by atoms with Crippen LogP contribution in [0, 0.1) is 0 Å². The average molecular weight is 370 g/mol. The number of rotatable bonds is 3. The molecule has 0 spiro atoms. The molecule has 2 aromatic carbocycles. The Hall–Kier alpha value is -2.79. The van der Waals surface area contributed by atoms with Crippen molar-refractivity contribution in [1.29, 1.82) is 0 Å². The average Bonchev–Trinajstić information content (AvgIpc) is 2.83. The topological polar surface area (TPSA) is 57.1 Å². The number of benzene rings is 2. The van der Waals surface area contributed by atoms with Crippen LogP contribution in [0.4, 0.5) is 0 Å². The minimum atomic E-state index is -0.457. The third kappa shape index (κ3) is 3.73. The van der Waals surface area contributed by atoms with Gasteiger partial charge in [0.25, 0.3) is 0 Å². The fraction of sp³-hybridized carbons (Fsp3) is 0.200. The van der Waals surface area contributed by atoms with E-state index in [9.17, 15) is 4.79 Å². The summed E-state index contributed by atoms with van der Waals surface area (Å²) in [6, 6.07) is 12.9. The lowest BCUT2D eigenvalue weighted by molar-refractivity contribution is -0.130. The van der Waals surface area contributed by atoms with Gasteiger partial charge in [-0.05, 0) is 41.5 Å². The zero-order valence-electron chi connectivity index (χ0n) is 13.9. The van der Waals surface area contributed by atoms with Crippen LogP contribution in [0.2, 0.25) is 5.02 Å². The Bertz CT molecular complexity index is 903. The van der Waals surface area contributed by atoms with E-state index in [1.807, 2.05) is 30.3 Å². The molecule has 0 aliphatic carbocycles. The zero-order chi connectivity index (χ0) is 17.9. The first-order valence-electron chi connectivity index (χ1n) is 8.33. The Morgan fingerprint density at radius 1 is 1.04 bits per heavy atom. The summed E-state index contributed by atoms with van der Waals surface area (Å²) in [4.78, 5) is 16.4. The lowest BCUT2D eigenvalue weighted by atomic mass is 10.1. The molecule has 0 fully saturated rings. The minimum absolute atomic E-state index is 0.267. The Morgan fingerprint density at radius 2 is 1.81 bits per heavy atom. The van der Waals surface area contributed by atoms with Crippen LogP contribution >= 0.6 is 11.6 Å². The molecule has 4 rings (SSSR count). The number of carbonyl (C=O) groups is 1. The SMILES string of the molecule is O=C1OC(Cc2ccc(Cl)cc2)=N/C1=C/c1ccc2c(c1)OCCCO2. The molecule has 0 unspecified atom stereocenters. The van der Waals surface area contributed by atoms with E-state index in [2.05, 4.69) is 4.99 Å². The first-order valence-corrected chi connectivity index (χ1v) is 8.71. The highest BCUT2D eigenvalue weighted by Crippen LogP contribution is 2.31. The van der Waals surface area contributed by atoms with Gasteiger partial charge in [-0.3, -0.25) is 0 Å². The van der Waals surface area contributed by atoms with Crippen LogP contribution in [-0.4, -0.2) is 25.1 Å². The van der Waals surface area contributed by atoms with E-state index in [-0.39, 0.29) is 5.70 Å². The number of aliphatic imine (C=N–C) groups is 1. The zero-order valence-corrected chi connectivity index (χ0v) is 14.7. The second kappa shape index (κ2) is 7.22. The highest BCUT2D eigenvalue weighted by Gasteiger charge is 2.23. The molecule has 0 bridgehead atoms. The van der Waals surface area contributed by atoms with Crippen LogP contribution in [-0.2, 0) is 16.0 Å². The summed E-state index contributed by atoms with van der Waals surface area (Å²) in [5.41, 5.74) is 2.04. The predicted molar refractivity (Wildman–Crippen MR) is 98.7 cm³/mol. The van der Waals surface area contributed by atoms with Gasteiger partial charge in [-0.15, -0.1) is 0 Å². The smallest absolute Gasteiger partial charge is 0.363 e. The number of ether oxygens (including phenoxy) is 3. The van der Waals surface area contributed by atoms with Gasteiger partial charge in [0.15, 0.2) is 17.2 Å². The second-order valence-corrected chi connectivity index (χ2v) is 6.42. The lowest BCUT2D eigenvalue weighted by Gasteiger charge is -2.07. The molecule has 0 saturated carbocycles. The lowest BCUT2D eigenvalue weighted by Crippen LogP contribution is -2.06. The first kappa shape index (κ1) is 16.7. The van der Waals surface area contributed by atoms with E-state index in [0.29, 0.717) is 42.1 Å². The molecule has 0 N–H and O–H groups in total. The van der Waals surface area contributed by atoms with Gasteiger partial charge < -0.3 is 14.2 Å². The van der Waals surface area contributed by atoms with Crippen molar-refractivity contribution in [2.75, 3.05) is 13.2 Å². The summed E-state index contributed by atoms with van der Waals surface area (Å²) in [6.07, 6.45) is 2.96. The normalized spacial score (nSPS) is 17.7. The van der Waals surface area contributed by atoms with E-state index in [1.54, 1.807) is 18.2 Å². The van der Waals surface area contributed by atoms with Crippen LogP contribution in [0.25, 0.3) is 6.08 Å². The van der Waals surface area contributed by atoms with Crippen molar-refractivity contribution in [1.82, 2.24) is 0 Å². The number of carbonyl (C=O) groups excluding carboxylic acids is 1. The fourth-order valence-electron chi connectivity index (χ4n) is 2.73. The van der Waals surface area contributed by atoms with Gasteiger partial charge in [0.05, 0.1) is 13.2 Å². The Morgan fingerprint density at radius 3 is 2.62 bits per heavy atom. The molecule has 2 aliphatic rings. The van der Waals surface area contributed by atoms with Gasteiger partial charge in [0.1, 0.15) is 0 Å². The summed E-state index contributed by atoms with van der Waals surface area (Å²) in [5.74, 6) is 1.30. The van der Waals surface area contributed by atoms with Crippen LogP contribution in [0.1, 0.15) is 17.5 Å². The first-order chi connectivity index (χ1) is 12.7. The largest absolute Gasteiger partial charge is 0.490 e. The second-order valence-electron chi connectivity index (χ2n) is 5.98. The van der Waals surface area contributed by atoms with Crippen molar-refractivity contribution in [3.8, 4) is 11.5 Å². The van der Waals surface area contributed by atoms with Gasteiger partial charge in [-0.25, -0.2) is 9.79 Å². The number of esters is 1. The van der Waals surface area contributed by atoms with Crippen molar-refractivity contribution >= 4 is 29.5 Å². The van der Waals surface area contributed by atoms with Crippen LogP contribution in [0.5, 0.6) is 11.5 Å². The maximum absolute atomic E-state index is 12.1. The molecule has 132 valence electrons. The van der Waals surface area contributed by atoms with Crippen molar-refractivity contribution < 1.29 is 19.0 Å². The van der Waals surface area contributed by atoms with Gasteiger partial charge in [0, 0.05) is 17.9 Å². The third-order valence-corrected chi connectivity index (χ3v) is 4.26. The number of nitrogens with zero attached hydrogens (tertiary/aromatic N) is 1. The maximum atomic E-state index is 12.1. The number of hydrogen-bond donors (Lipinski definition) is 0. The number of halogens is 1. The van der Waals surface area contributed by atoms with Crippen molar-refractivity contribution in [3.05, 3.63) is 64.3 Å². The van der Waals surface area contributed by atoms with E-state index < -0.39 is 5.97 Å². The van der Waals surface area contributed by atoms with Crippen LogP contribution in [0.15, 0.2) is 53.2 Å². The Kier molecular flexibility index (Phi) is 4.63. The summed E-state index contributed by atoms with van der Waals surface area (Å²) in [7, 11) is 0. The van der Waals surface area contributed by atoms with Crippen molar-refractivity contribution in [3.63, 3.8) is 0 Å². The highest BCUT2D eigenvalue weighted by atomic mass is 35.5. The summed E-state index contributed by atoms with van der Waals surface area (Å²) in [5, 5.41) is 0.661. The van der Waals surface area contributed by atoms with Gasteiger partial charge in [-0.1, -0.05) is 29.8 Å². The van der Waals surface area contributed by atoms with Gasteiger partial charge in [-0.2, -0.15) is 0 Å².